The average Bonchev–Trinajstić information content (AvgIpc) is 2.87. The first-order chi connectivity index (χ1) is 12.1. The van der Waals surface area contributed by atoms with Crippen LogP contribution in [0, 0.1) is 13.8 Å². The van der Waals surface area contributed by atoms with Crippen LogP contribution < -0.4 is 15.2 Å². The molecule has 0 bridgehead atoms. The highest BCUT2D eigenvalue weighted by molar-refractivity contribution is 7.92. The van der Waals surface area contributed by atoms with E-state index in [0.717, 1.165) is 10.6 Å². The van der Waals surface area contributed by atoms with Crippen molar-refractivity contribution < 1.29 is 22.4 Å². The minimum atomic E-state index is -3.74. The monoisotopic (exact) mass is 399 g/mol. The summed E-state index contributed by atoms with van der Waals surface area (Å²) in [5.41, 5.74) is 4.93. The highest BCUT2D eigenvalue weighted by atomic mass is 35.5. The molecule has 0 radical (unpaired) electrons. The van der Waals surface area contributed by atoms with Crippen molar-refractivity contribution in [3.8, 4) is 0 Å². The van der Waals surface area contributed by atoms with Gasteiger partial charge in [0.2, 0.25) is 10.0 Å². The highest BCUT2D eigenvalue weighted by Crippen LogP contribution is 2.21. The third-order valence-electron chi connectivity index (χ3n) is 3.38. The Hall–Kier alpha value is -2.52. The van der Waals surface area contributed by atoms with Gasteiger partial charge in [0.25, 0.3) is 11.8 Å². The minimum Gasteiger partial charge on any atom is -0.466 e. The number of anilines is 1. The molecule has 2 amide bonds. The number of carbonyl (C=O) groups is 2. The van der Waals surface area contributed by atoms with E-state index in [1.807, 2.05) is 0 Å². The first-order valence-corrected chi connectivity index (χ1v) is 9.70. The quantitative estimate of drug-likeness (QED) is 0.745. The predicted molar refractivity (Wildman–Crippen MR) is 97.4 cm³/mol. The lowest BCUT2D eigenvalue weighted by atomic mass is 10.2. The van der Waals surface area contributed by atoms with Gasteiger partial charge in [-0.3, -0.25) is 24.7 Å². The Labute approximate surface area is 156 Å². The second kappa shape index (κ2) is 7.79. The van der Waals surface area contributed by atoms with Gasteiger partial charge < -0.3 is 4.42 Å². The van der Waals surface area contributed by atoms with Crippen molar-refractivity contribution in [2.75, 3.05) is 17.1 Å². The number of hydrogen-bond acceptors (Lipinski definition) is 5. The van der Waals surface area contributed by atoms with Crippen LogP contribution >= 0.6 is 11.6 Å². The van der Waals surface area contributed by atoms with Gasteiger partial charge in [0.05, 0.1) is 17.5 Å². The Morgan fingerprint density at radius 3 is 2.42 bits per heavy atom. The zero-order chi connectivity index (χ0) is 19.5. The molecule has 1 heterocycles. The van der Waals surface area contributed by atoms with E-state index in [1.165, 1.54) is 18.2 Å². The fourth-order valence-electron chi connectivity index (χ4n) is 2.25. The molecular weight excluding hydrogens is 382 g/mol. The number of carbonyl (C=O) groups excluding carboxylic acids is 2. The molecule has 0 fully saturated rings. The topological polar surface area (TPSA) is 109 Å². The van der Waals surface area contributed by atoms with Crippen LogP contribution in [0.2, 0.25) is 5.02 Å². The van der Waals surface area contributed by atoms with Crippen molar-refractivity contribution in [1.29, 1.82) is 0 Å². The molecule has 2 aromatic rings. The lowest BCUT2D eigenvalue weighted by Crippen LogP contribution is -2.47. The molecule has 0 saturated heterocycles. The fourth-order valence-corrected chi connectivity index (χ4v) is 3.28. The van der Waals surface area contributed by atoms with Gasteiger partial charge in [-0.2, -0.15) is 0 Å². The largest absolute Gasteiger partial charge is 0.466 e. The van der Waals surface area contributed by atoms with Crippen LogP contribution in [0.1, 0.15) is 21.9 Å². The Balaban J connectivity index is 2.06. The molecule has 0 aliphatic heterocycles. The van der Waals surface area contributed by atoms with Crippen LogP contribution in [0.4, 0.5) is 5.69 Å². The fraction of sp³-hybridized carbons (Fsp3) is 0.250. The van der Waals surface area contributed by atoms with Crippen LogP contribution in [-0.4, -0.2) is 33.0 Å². The number of aryl methyl sites for hydroxylation is 2. The molecule has 0 spiro atoms. The predicted octanol–water partition coefficient (Wildman–Crippen LogP) is 1.78. The van der Waals surface area contributed by atoms with Gasteiger partial charge in [-0.15, -0.1) is 0 Å². The smallest absolute Gasteiger partial charge is 0.273 e. The van der Waals surface area contributed by atoms with Gasteiger partial charge in [0.15, 0.2) is 0 Å². The minimum absolute atomic E-state index is 0.239. The molecule has 0 atom stereocenters. The van der Waals surface area contributed by atoms with Crippen LogP contribution in [-0.2, 0) is 14.8 Å². The van der Waals surface area contributed by atoms with Gasteiger partial charge in [-0.05, 0) is 38.1 Å². The molecule has 8 nitrogen and oxygen atoms in total. The lowest BCUT2D eigenvalue weighted by molar-refractivity contribution is -0.120. The summed E-state index contributed by atoms with van der Waals surface area (Å²) in [7, 11) is -3.74. The summed E-state index contributed by atoms with van der Waals surface area (Å²) in [5.74, 6) is -0.322. The van der Waals surface area contributed by atoms with E-state index >= 15 is 0 Å². The molecule has 1 aromatic carbocycles. The molecular formula is C16H18ClN3O5S. The molecule has 0 unspecified atom stereocenters. The summed E-state index contributed by atoms with van der Waals surface area (Å²) in [6.07, 6.45) is 0.970. The SMILES string of the molecule is Cc1cc(C(=O)NNC(=O)CN(c2cccc(Cl)c2)S(C)(=O)=O)c(C)o1. The van der Waals surface area contributed by atoms with Crippen molar-refractivity contribution in [2.45, 2.75) is 13.8 Å². The zero-order valence-electron chi connectivity index (χ0n) is 14.4. The summed E-state index contributed by atoms with van der Waals surface area (Å²) < 4.78 is 30.1. The number of halogens is 1. The van der Waals surface area contributed by atoms with Crippen LogP contribution in [0.3, 0.4) is 0 Å². The van der Waals surface area contributed by atoms with E-state index < -0.39 is 28.4 Å². The van der Waals surface area contributed by atoms with Crippen molar-refractivity contribution in [2.24, 2.45) is 0 Å². The van der Waals surface area contributed by atoms with Gasteiger partial charge in [-0.1, -0.05) is 17.7 Å². The second-order valence-electron chi connectivity index (χ2n) is 5.58. The number of hydrazine groups is 1. The van der Waals surface area contributed by atoms with Gasteiger partial charge in [0.1, 0.15) is 18.1 Å². The molecule has 2 N–H and O–H groups in total. The average molecular weight is 400 g/mol. The number of sulfonamides is 1. The Kier molecular flexibility index (Phi) is 5.94. The standard InChI is InChI=1S/C16H18ClN3O5S/c1-10-7-14(11(2)25-10)16(22)19-18-15(21)9-20(26(3,23)24)13-6-4-5-12(17)8-13/h4-8H,9H2,1-3H3,(H,18,21)(H,19,22). The molecule has 26 heavy (non-hydrogen) atoms. The lowest BCUT2D eigenvalue weighted by Gasteiger charge is -2.22. The third kappa shape index (κ3) is 4.99. The molecule has 0 aliphatic rings. The van der Waals surface area contributed by atoms with Crippen LogP contribution in [0.5, 0.6) is 0 Å². The summed E-state index contributed by atoms with van der Waals surface area (Å²) >= 11 is 5.87. The van der Waals surface area contributed by atoms with E-state index in [4.69, 9.17) is 16.0 Å². The maximum absolute atomic E-state index is 12.1. The maximum atomic E-state index is 12.1. The zero-order valence-corrected chi connectivity index (χ0v) is 15.9. The third-order valence-corrected chi connectivity index (χ3v) is 4.76. The number of furan rings is 1. The highest BCUT2D eigenvalue weighted by Gasteiger charge is 2.22. The number of benzene rings is 1. The summed E-state index contributed by atoms with van der Waals surface area (Å²) in [4.78, 5) is 24.1. The number of nitrogens with zero attached hydrogens (tertiary/aromatic N) is 1. The molecule has 1 aromatic heterocycles. The van der Waals surface area contributed by atoms with E-state index in [1.54, 1.807) is 26.0 Å². The van der Waals surface area contributed by atoms with Crippen molar-refractivity contribution in [3.63, 3.8) is 0 Å². The van der Waals surface area contributed by atoms with E-state index in [2.05, 4.69) is 10.9 Å². The molecule has 0 aliphatic carbocycles. The second-order valence-corrected chi connectivity index (χ2v) is 7.92. The summed E-state index contributed by atoms with van der Waals surface area (Å²) in [5, 5.41) is 0.329. The Morgan fingerprint density at radius 1 is 1.19 bits per heavy atom. The van der Waals surface area contributed by atoms with Gasteiger partial charge in [0, 0.05) is 5.02 Å². The number of nitrogens with one attached hydrogen (secondary N) is 2. The van der Waals surface area contributed by atoms with Crippen molar-refractivity contribution >= 4 is 39.1 Å². The van der Waals surface area contributed by atoms with Crippen molar-refractivity contribution in [1.82, 2.24) is 10.9 Å². The van der Waals surface area contributed by atoms with Gasteiger partial charge >= 0.3 is 0 Å². The summed E-state index contributed by atoms with van der Waals surface area (Å²) in [6, 6.07) is 7.62. The van der Waals surface area contributed by atoms with E-state index in [-0.39, 0.29) is 11.3 Å². The summed E-state index contributed by atoms with van der Waals surface area (Å²) in [6.45, 7) is 2.79. The van der Waals surface area contributed by atoms with E-state index in [0.29, 0.717) is 16.5 Å². The van der Waals surface area contributed by atoms with Crippen molar-refractivity contribution in [3.05, 3.63) is 52.4 Å². The van der Waals surface area contributed by atoms with Crippen LogP contribution in [0.25, 0.3) is 0 Å². The Morgan fingerprint density at radius 2 is 1.88 bits per heavy atom. The van der Waals surface area contributed by atoms with E-state index in [9.17, 15) is 18.0 Å². The maximum Gasteiger partial charge on any atom is 0.273 e. The number of hydrogen-bond donors (Lipinski definition) is 2. The molecule has 2 rings (SSSR count). The molecule has 10 heteroatoms. The first kappa shape index (κ1) is 19.8. The molecule has 140 valence electrons. The van der Waals surface area contributed by atoms with Crippen LogP contribution in [0.15, 0.2) is 34.7 Å². The van der Waals surface area contributed by atoms with Gasteiger partial charge in [-0.25, -0.2) is 8.42 Å². The molecule has 0 saturated carbocycles. The number of rotatable bonds is 5. The first-order valence-electron chi connectivity index (χ1n) is 7.47. The normalized spacial score (nSPS) is 11.1. The number of amides is 2. The Bertz CT molecular complexity index is 939.